The molecule has 7 nitrogen and oxygen atoms in total. The molecule has 0 aliphatic carbocycles. The van der Waals surface area contributed by atoms with Crippen LogP contribution >= 0.6 is 0 Å². The zero-order valence-corrected chi connectivity index (χ0v) is 14.4. The number of nitriles is 2. The highest BCUT2D eigenvalue weighted by atomic mass is 16.3. The van der Waals surface area contributed by atoms with Crippen LogP contribution in [0.4, 0.5) is 17.1 Å². The Bertz CT molecular complexity index is 926. The van der Waals surface area contributed by atoms with Gasteiger partial charge < -0.3 is 15.1 Å². The summed E-state index contributed by atoms with van der Waals surface area (Å²) in [6, 6.07) is 18.1. The fraction of sp³-hybridized carbons (Fsp3) is 0.200. The molecular formula is C20H17N5O2. The van der Waals surface area contributed by atoms with Gasteiger partial charge in [0.1, 0.15) is 6.07 Å². The van der Waals surface area contributed by atoms with E-state index in [9.17, 15) is 10.2 Å². The van der Waals surface area contributed by atoms with Gasteiger partial charge in [-0.2, -0.15) is 20.8 Å². The Morgan fingerprint density at radius 3 is 1.93 bits per heavy atom. The van der Waals surface area contributed by atoms with E-state index < -0.39 is 12.2 Å². The largest absolute Gasteiger partial charge is 0.389 e. The number of hydrogen-bond donors (Lipinski definition) is 2. The van der Waals surface area contributed by atoms with E-state index in [1.165, 1.54) is 6.08 Å². The first-order valence-corrected chi connectivity index (χ1v) is 8.34. The lowest BCUT2D eigenvalue weighted by Crippen LogP contribution is -2.22. The molecule has 2 aromatic rings. The molecule has 1 fully saturated rings. The number of nitrogens with zero attached hydrogens (tertiary/aromatic N) is 5. The van der Waals surface area contributed by atoms with Crippen LogP contribution in [0.3, 0.4) is 0 Å². The maximum atomic E-state index is 9.63. The van der Waals surface area contributed by atoms with Crippen molar-refractivity contribution in [1.29, 1.82) is 10.5 Å². The topological polar surface area (TPSA) is 116 Å². The molecule has 2 atom stereocenters. The van der Waals surface area contributed by atoms with Crippen LogP contribution < -0.4 is 4.90 Å². The van der Waals surface area contributed by atoms with Gasteiger partial charge in [0.05, 0.1) is 35.2 Å². The fourth-order valence-electron chi connectivity index (χ4n) is 2.78. The molecule has 2 aromatic carbocycles. The summed E-state index contributed by atoms with van der Waals surface area (Å²) in [5.74, 6) is 0. The first kappa shape index (κ1) is 18.3. The Kier molecular flexibility index (Phi) is 5.58. The molecule has 0 radical (unpaired) electrons. The van der Waals surface area contributed by atoms with Gasteiger partial charge in [-0.15, -0.1) is 0 Å². The monoisotopic (exact) mass is 359 g/mol. The van der Waals surface area contributed by atoms with E-state index in [-0.39, 0.29) is 0 Å². The molecular weight excluding hydrogens is 342 g/mol. The van der Waals surface area contributed by atoms with E-state index in [0.717, 1.165) is 5.69 Å². The van der Waals surface area contributed by atoms with Gasteiger partial charge in [-0.05, 0) is 42.0 Å². The minimum absolute atomic E-state index is 0.300. The van der Waals surface area contributed by atoms with Crippen molar-refractivity contribution in [3.05, 3.63) is 60.2 Å². The van der Waals surface area contributed by atoms with Gasteiger partial charge in [0.15, 0.2) is 0 Å². The standard InChI is InChI=1S/C20H17N5O2/c21-10-9-15(11-22)14-1-3-16(4-2-14)23-24-17-5-7-18(8-6-17)25-12-19(26)20(27)13-25/h1-9,19-20,26-27H,12-13H2/b15-9+,24-23+. The van der Waals surface area contributed by atoms with Gasteiger partial charge in [0.25, 0.3) is 0 Å². The molecule has 1 heterocycles. The SMILES string of the molecule is N#C/C=C(\C#N)c1ccc(/N=N/c2ccc(N3CC(O)C(O)C3)cc2)cc1. The van der Waals surface area contributed by atoms with Crippen LogP contribution in [0.15, 0.2) is 64.8 Å². The van der Waals surface area contributed by atoms with E-state index in [0.29, 0.717) is 35.6 Å². The molecule has 0 amide bonds. The van der Waals surface area contributed by atoms with Crippen molar-refractivity contribution in [1.82, 2.24) is 0 Å². The van der Waals surface area contributed by atoms with Gasteiger partial charge in [0, 0.05) is 24.9 Å². The van der Waals surface area contributed by atoms with Crippen LogP contribution in [-0.2, 0) is 0 Å². The molecule has 1 saturated heterocycles. The first-order chi connectivity index (χ1) is 13.1. The molecule has 3 rings (SSSR count). The van der Waals surface area contributed by atoms with Crippen LogP contribution in [0, 0.1) is 22.7 Å². The second kappa shape index (κ2) is 8.24. The van der Waals surface area contributed by atoms with Crippen molar-refractivity contribution in [2.24, 2.45) is 10.2 Å². The van der Waals surface area contributed by atoms with Crippen LogP contribution in [0.2, 0.25) is 0 Å². The van der Waals surface area contributed by atoms with E-state index in [2.05, 4.69) is 10.2 Å². The fourth-order valence-corrected chi connectivity index (χ4v) is 2.78. The predicted molar refractivity (Wildman–Crippen MR) is 100 cm³/mol. The third-order valence-corrected chi connectivity index (χ3v) is 4.26. The zero-order valence-electron chi connectivity index (χ0n) is 14.4. The van der Waals surface area contributed by atoms with Gasteiger partial charge in [-0.25, -0.2) is 0 Å². The third-order valence-electron chi connectivity index (χ3n) is 4.26. The number of β-amino-alcohol motifs (C(OH)–C–C–N with tert-alkyl or cyclic N) is 2. The van der Waals surface area contributed by atoms with Crippen LogP contribution in [0.1, 0.15) is 5.56 Å². The summed E-state index contributed by atoms with van der Waals surface area (Å²) in [5.41, 5.74) is 3.15. The summed E-state index contributed by atoms with van der Waals surface area (Å²) in [7, 11) is 0. The van der Waals surface area contributed by atoms with E-state index in [4.69, 9.17) is 10.5 Å². The van der Waals surface area contributed by atoms with Crippen LogP contribution in [0.5, 0.6) is 0 Å². The van der Waals surface area contributed by atoms with Crippen LogP contribution in [0.25, 0.3) is 5.57 Å². The highest BCUT2D eigenvalue weighted by Gasteiger charge is 2.29. The molecule has 0 saturated carbocycles. The van der Waals surface area contributed by atoms with Crippen LogP contribution in [-0.4, -0.2) is 35.5 Å². The summed E-state index contributed by atoms with van der Waals surface area (Å²) >= 11 is 0. The molecule has 2 unspecified atom stereocenters. The maximum absolute atomic E-state index is 9.63. The number of aliphatic hydroxyl groups is 2. The molecule has 1 aliphatic rings. The molecule has 2 N–H and O–H groups in total. The number of hydrogen-bond acceptors (Lipinski definition) is 7. The average molecular weight is 359 g/mol. The number of rotatable bonds is 4. The van der Waals surface area contributed by atoms with Gasteiger partial charge in [-0.1, -0.05) is 12.1 Å². The summed E-state index contributed by atoms with van der Waals surface area (Å²) in [5, 5.41) is 45.3. The first-order valence-electron chi connectivity index (χ1n) is 8.34. The average Bonchev–Trinajstić information content (AvgIpc) is 3.04. The number of aliphatic hydroxyl groups excluding tert-OH is 2. The molecule has 134 valence electrons. The van der Waals surface area contributed by atoms with Crippen molar-refractivity contribution in [2.75, 3.05) is 18.0 Å². The number of anilines is 1. The Morgan fingerprint density at radius 2 is 1.44 bits per heavy atom. The second-order valence-electron chi connectivity index (χ2n) is 6.10. The van der Waals surface area contributed by atoms with Gasteiger partial charge in [-0.3, -0.25) is 0 Å². The predicted octanol–water partition coefficient (Wildman–Crippen LogP) is 3.07. The molecule has 27 heavy (non-hydrogen) atoms. The number of azo groups is 1. The van der Waals surface area contributed by atoms with Crippen molar-refractivity contribution >= 4 is 22.6 Å². The summed E-state index contributed by atoms with van der Waals surface area (Å²) < 4.78 is 0. The van der Waals surface area contributed by atoms with E-state index in [1.54, 1.807) is 24.3 Å². The highest BCUT2D eigenvalue weighted by molar-refractivity contribution is 5.78. The van der Waals surface area contributed by atoms with Crippen molar-refractivity contribution in [3.63, 3.8) is 0 Å². The molecule has 1 aliphatic heterocycles. The summed E-state index contributed by atoms with van der Waals surface area (Å²) in [6.07, 6.45) is -0.245. The Hall–Kier alpha value is -3.52. The highest BCUT2D eigenvalue weighted by Crippen LogP contribution is 2.25. The third kappa shape index (κ3) is 4.36. The lowest BCUT2D eigenvalue weighted by atomic mass is 10.1. The number of benzene rings is 2. The number of allylic oxidation sites excluding steroid dienone is 2. The Labute approximate surface area is 156 Å². The summed E-state index contributed by atoms with van der Waals surface area (Å²) in [4.78, 5) is 1.91. The maximum Gasteiger partial charge on any atom is 0.101 e. The van der Waals surface area contributed by atoms with Gasteiger partial charge >= 0.3 is 0 Å². The van der Waals surface area contributed by atoms with E-state index in [1.807, 2.05) is 41.3 Å². The molecule has 0 bridgehead atoms. The van der Waals surface area contributed by atoms with E-state index >= 15 is 0 Å². The van der Waals surface area contributed by atoms with Crippen molar-refractivity contribution in [3.8, 4) is 12.1 Å². The summed E-state index contributed by atoms with van der Waals surface area (Å²) in [6.45, 7) is 0.804. The molecule has 7 heteroatoms. The Morgan fingerprint density at radius 1 is 0.926 bits per heavy atom. The van der Waals surface area contributed by atoms with Gasteiger partial charge in [0.2, 0.25) is 0 Å². The zero-order chi connectivity index (χ0) is 19.2. The lowest BCUT2D eigenvalue weighted by Gasteiger charge is -2.17. The second-order valence-corrected chi connectivity index (χ2v) is 6.10. The normalized spacial score (nSPS) is 19.9. The lowest BCUT2D eigenvalue weighted by molar-refractivity contribution is 0.0572. The van der Waals surface area contributed by atoms with Crippen molar-refractivity contribution in [2.45, 2.75) is 12.2 Å². The Balaban J connectivity index is 1.67. The molecule has 0 spiro atoms. The van der Waals surface area contributed by atoms with Crippen molar-refractivity contribution < 1.29 is 10.2 Å². The minimum atomic E-state index is -0.725. The minimum Gasteiger partial charge on any atom is -0.389 e. The quantitative estimate of drug-likeness (QED) is 0.643. The molecule has 0 aromatic heterocycles. The smallest absolute Gasteiger partial charge is 0.101 e.